The molecule has 1 aromatic heterocycles. The lowest BCUT2D eigenvalue weighted by Crippen LogP contribution is -2.28. The van der Waals surface area contributed by atoms with Crippen LogP contribution in [0.3, 0.4) is 0 Å². The maximum atomic E-state index is 13.8. The Hall–Kier alpha value is -2.58. The standard InChI is InChI=1S/C21H21ClFN3O3S/c1-3-28-17-8-5-14(6-9-17)21-24-19(29-25-21)11-26(2)20(27)13-30-12-15-4-7-16(22)10-18(15)23/h4-10H,3,11-13H2,1-2H3. The molecule has 158 valence electrons. The molecule has 0 atom stereocenters. The van der Waals surface area contributed by atoms with E-state index in [1.807, 2.05) is 31.2 Å². The average Bonchev–Trinajstić information content (AvgIpc) is 3.18. The topological polar surface area (TPSA) is 68.5 Å². The van der Waals surface area contributed by atoms with Crippen molar-refractivity contribution in [3.05, 3.63) is 64.8 Å². The number of carbonyl (C=O) groups excluding carboxylic acids is 1. The first kappa shape index (κ1) is 22.1. The summed E-state index contributed by atoms with van der Waals surface area (Å²) in [5, 5.41) is 4.32. The molecule has 3 aromatic rings. The highest BCUT2D eigenvalue weighted by Crippen LogP contribution is 2.21. The van der Waals surface area contributed by atoms with Crippen LogP contribution < -0.4 is 4.74 Å². The molecule has 1 amide bonds. The Morgan fingerprint density at radius 1 is 1.27 bits per heavy atom. The fourth-order valence-electron chi connectivity index (χ4n) is 2.59. The number of thioether (sulfide) groups is 1. The van der Waals surface area contributed by atoms with E-state index in [4.69, 9.17) is 20.9 Å². The van der Waals surface area contributed by atoms with Gasteiger partial charge < -0.3 is 14.2 Å². The number of ether oxygens (including phenoxy) is 1. The van der Waals surface area contributed by atoms with E-state index < -0.39 is 0 Å². The molecule has 3 rings (SSSR count). The van der Waals surface area contributed by atoms with Gasteiger partial charge in [-0.05, 0) is 48.9 Å². The molecule has 1 heterocycles. The van der Waals surface area contributed by atoms with E-state index in [1.165, 1.54) is 22.7 Å². The summed E-state index contributed by atoms with van der Waals surface area (Å²) in [5.41, 5.74) is 1.31. The molecular formula is C21H21ClFN3O3S. The van der Waals surface area contributed by atoms with Gasteiger partial charge in [-0.15, -0.1) is 11.8 Å². The number of nitrogens with zero attached hydrogens (tertiary/aromatic N) is 3. The first-order valence-corrected chi connectivity index (χ1v) is 10.8. The molecule has 0 spiro atoms. The fourth-order valence-corrected chi connectivity index (χ4v) is 3.70. The highest BCUT2D eigenvalue weighted by atomic mass is 35.5. The van der Waals surface area contributed by atoms with Crippen molar-refractivity contribution in [1.29, 1.82) is 0 Å². The van der Waals surface area contributed by atoms with E-state index in [-0.39, 0.29) is 24.0 Å². The van der Waals surface area contributed by atoms with Gasteiger partial charge in [-0.25, -0.2) is 4.39 Å². The third kappa shape index (κ3) is 5.96. The number of rotatable bonds is 9. The lowest BCUT2D eigenvalue weighted by atomic mass is 10.2. The smallest absolute Gasteiger partial charge is 0.246 e. The summed E-state index contributed by atoms with van der Waals surface area (Å²) in [7, 11) is 1.66. The lowest BCUT2D eigenvalue weighted by Gasteiger charge is -2.14. The Bertz CT molecular complexity index is 997. The monoisotopic (exact) mass is 449 g/mol. The van der Waals surface area contributed by atoms with Gasteiger partial charge in [-0.2, -0.15) is 4.98 Å². The van der Waals surface area contributed by atoms with Gasteiger partial charge in [-0.3, -0.25) is 4.79 Å². The Morgan fingerprint density at radius 2 is 2.03 bits per heavy atom. The molecule has 0 aliphatic rings. The van der Waals surface area contributed by atoms with E-state index in [0.717, 1.165) is 11.3 Å². The van der Waals surface area contributed by atoms with Crippen molar-refractivity contribution in [2.24, 2.45) is 0 Å². The average molecular weight is 450 g/mol. The van der Waals surface area contributed by atoms with E-state index in [0.29, 0.717) is 34.7 Å². The summed E-state index contributed by atoms with van der Waals surface area (Å²) < 4.78 is 24.5. The predicted octanol–water partition coefficient (Wildman–Crippen LogP) is 4.82. The van der Waals surface area contributed by atoms with Crippen LogP contribution in [0.4, 0.5) is 4.39 Å². The van der Waals surface area contributed by atoms with Crippen LogP contribution in [0.25, 0.3) is 11.4 Å². The molecule has 0 N–H and O–H groups in total. The number of hydrogen-bond acceptors (Lipinski definition) is 6. The summed E-state index contributed by atoms with van der Waals surface area (Å²) in [6.07, 6.45) is 0. The van der Waals surface area contributed by atoms with Gasteiger partial charge in [0.15, 0.2) is 0 Å². The Labute approximate surface area is 183 Å². The van der Waals surface area contributed by atoms with Crippen LogP contribution in [-0.2, 0) is 17.1 Å². The maximum Gasteiger partial charge on any atom is 0.246 e. The SMILES string of the molecule is CCOc1ccc(-c2noc(CN(C)C(=O)CSCc3ccc(Cl)cc3F)n2)cc1. The van der Waals surface area contributed by atoms with Gasteiger partial charge in [-0.1, -0.05) is 22.8 Å². The molecule has 0 unspecified atom stereocenters. The van der Waals surface area contributed by atoms with Gasteiger partial charge >= 0.3 is 0 Å². The van der Waals surface area contributed by atoms with E-state index >= 15 is 0 Å². The third-order valence-electron chi connectivity index (χ3n) is 4.19. The quantitative estimate of drug-likeness (QED) is 0.466. The van der Waals surface area contributed by atoms with Gasteiger partial charge in [0.2, 0.25) is 17.6 Å². The predicted molar refractivity (Wildman–Crippen MR) is 115 cm³/mol. The highest BCUT2D eigenvalue weighted by molar-refractivity contribution is 7.99. The second kappa shape index (κ2) is 10.4. The van der Waals surface area contributed by atoms with E-state index in [2.05, 4.69) is 10.1 Å². The fraction of sp³-hybridized carbons (Fsp3) is 0.286. The molecular weight excluding hydrogens is 429 g/mol. The van der Waals surface area contributed by atoms with Crippen LogP contribution in [0.2, 0.25) is 5.02 Å². The summed E-state index contributed by atoms with van der Waals surface area (Å²) in [6.45, 7) is 2.71. The molecule has 2 aromatic carbocycles. The van der Waals surface area contributed by atoms with Crippen LogP contribution in [0, 0.1) is 5.82 Å². The minimum Gasteiger partial charge on any atom is -0.494 e. The molecule has 0 fully saturated rings. The van der Waals surface area contributed by atoms with E-state index in [1.54, 1.807) is 19.2 Å². The maximum absolute atomic E-state index is 13.8. The molecule has 0 saturated carbocycles. The van der Waals surface area contributed by atoms with Crippen molar-refractivity contribution in [2.45, 2.75) is 19.2 Å². The van der Waals surface area contributed by atoms with Gasteiger partial charge in [0.05, 0.1) is 18.9 Å². The first-order chi connectivity index (χ1) is 14.5. The summed E-state index contributed by atoms with van der Waals surface area (Å²) in [6, 6.07) is 11.9. The van der Waals surface area contributed by atoms with Crippen LogP contribution >= 0.6 is 23.4 Å². The zero-order valence-corrected chi connectivity index (χ0v) is 18.2. The number of aromatic nitrogens is 2. The number of halogens is 2. The molecule has 0 aliphatic heterocycles. The minimum absolute atomic E-state index is 0.116. The van der Waals surface area contributed by atoms with E-state index in [9.17, 15) is 9.18 Å². The number of hydrogen-bond donors (Lipinski definition) is 0. The van der Waals surface area contributed by atoms with Crippen LogP contribution in [0.15, 0.2) is 47.0 Å². The molecule has 0 aliphatic carbocycles. The molecule has 30 heavy (non-hydrogen) atoms. The summed E-state index contributed by atoms with van der Waals surface area (Å²) >= 11 is 7.08. The van der Waals surface area contributed by atoms with Crippen molar-refractivity contribution < 1.29 is 18.4 Å². The van der Waals surface area contributed by atoms with Crippen molar-refractivity contribution in [1.82, 2.24) is 15.0 Å². The molecule has 0 saturated heterocycles. The Balaban J connectivity index is 1.50. The minimum atomic E-state index is -0.372. The van der Waals surface area contributed by atoms with Crippen molar-refractivity contribution in [3.8, 4) is 17.1 Å². The largest absolute Gasteiger partial charge is 0.494 e. The van der Waals surface area contributed by atoms with Gasteiger partial charge in [0.25, 0.3) is 0 Å². The molecule has 6 nitrogen and oxygen atoms in total. The molecule has 0 bridgehead atoms. The van der Waals surface area contributed by atoms with Crippen molar-refractivity contribution in [2.75, 3.05) is 19.4 Å². The summed E-state index contributed by atoms with van der Waals surface area (Å²) in [4.78, 5) is 18.2. The summed E-state index contributed by atoms with van der Waals surface area (Å²) in [5.74, 6) is 1.65. The van der Waals surface area contributed by atoms with Crippen LogP contribution in [-0.4, -0.2) is 40.4 Å². The van der Waals surface area contributed by atoms with Crippen molar-refractivity contribution in [3.63, 3.8) is 0 Å². The normalized spacial score (nSPS) is 10.8. The van der Waals surface area contributed by atoms with Crippen molar-refractivity contribution >= 4 is 29.3 Å². The second-order valence-corrected chi connectivity index (χ2v) is 7.87. The van der Waals surface area contributed by atoms with Gasteiger partial charge in [0.1, 0.15) is 11.6 Å². The molecule has 9 heteroatoms. The van der Waals surface area contributed by atoms with Gasteiger partial charge in [0, 0.05) is 23.4 Å². The highest BCUT2D eigenvalue weighted by Gasteiger charge is 2.15. The number of carbonyl (C=O) groups is 1. The Kier molecular flexibility index (Phi) is 7.70. The second-order valence-electron chi connectivity index (χ2n) is 6.45. The zero-order valence-electron chi connectivity index (χ0n) is 16.6. The first-order valence-electron chi connectivity index (χ1n) is 9.27. The Morgan fingerprint density at radius 3 is 2.73 bits per heavy atom. The zero-order chi connectivity index (χ0) is 21.5. The third-order valence-corrected chi connectivity index (χ3v) is 5.39. The van der Waals surface area contributed by atoms with Crippen LogP contribution in [0.5, 0.6) is 5.75 Å². The molecule has 0 radical (unpaired) electrons. The number of amides is 1. The van der Waals surface area contributed by atoms with Crippen LogP contribution in [0.1, 0.15) is 18.4 Å². The number of benzene rings is 2. The lowest BCUT2D eigenvalue weighted by molar-refractivity contribution is -0.127.